The molecule has 0 bridgehead atoms. The van der Waals surface area contributed by atoms with Crippen LogP contribution in [0.4, 0.5) is 17.1 Å². The highest BCUT2D eigenvalue weighted by atomic mass is 35.5. The summed E-state index contributed by atoms with van der Waals surface area (Å²) in [6, 6.07) is 18.9. The predicted molar refractivity (Wildman–Crippen MR) is 236 cm³/mol. The van der Waals surface area contributed by atoms with Crippen LogP contribution in [-0.2, 0) is 16.4 Å². The van der Waals surface area contributed by atoms with E-state index in [2.05, 4.69) is 47.8 Å². The van der Waals surface area contributed by atoms with Crippen LogP contribution >= 0.6 is 11.6 Å². The normalized spacial score (nSPS) is 19.8. The number of hydrogen-bond acceptors (Lipinski definition) is 11. The van der Waals surface area contributed by atoms with E-state index >= 15 is 0 Å². The maximum Gasteiger partial charge on any atom is 0.293 e. The summed E-state index contributed by atoms with van der Waals surface area (Å²) in [5.41, 5.74) is 4.26. The Morgan fingerprint density at radius 2 is 1.82 bits per heavy atom. The van der Waals surface area contributed by atoms with Crippen LogP contribution in [0.5, 0.6) is 11.5 Å². The van der Waals surface area contributed by atoms with Crippen LogP contribution < -0.4 is 19.7 Å². The second-order valence-corrected chi connectivity index (χ2v) is 19.4. The zero-order valence-electron chi connectivity index (χ0n) is 34.2. The number of nitrogens with zero attached hydrogens (tertiary/aromatic N) is 5. The van der Waals surface area contributed by atoms with Gasteiger partial charge in [-0.2, -0.15) is 0 Å². The molecule has 2 saturated heterocycles. The maximum atomic E-state index is 14.0. The molecule has 0 unspecified atom stereocenters. The molecule has 1 saturated carbocycles. The molecule has 2 aromatic heterocycles. The number of nitro benzene ring substituents is 1. The van der Waals surface area contributed by atoms with Crippen LogP contribution in [0.3, 0.4) is 0 Å². The zero-order valence-corrected chi connectivity index (χ0v) is 35.8. The second kappa shape index (κ2) is 16.9. The van der Waals surface area contributed by atoms with Crippen LogP contribution in [0.15, 0.2) is 84.0 Å². The van der Waals surface area contributed by atoms with Crippen molar-refractivity contribution >= 4 is 55.6 Å². The highest BCUT2D eigenvalue weighted by molar-refractivity contribution is 7.90. The number of carbonyl (C=O) groups excluding carboxylic acids is 1. The minimum atomic E-state index is -4.55. The van der Waals surface area contributed by atoms with Gasteiger partial charge in [-0.25, -0.2) is 18.1 Å². The topological polar surface area (TPSA) is 166 Å². The number of fused-ring (bicyclic) bond motifs is 2. The van der Waals surface area contributed by atoms with Gasteiger partial charge in [0.05, 0.1) is 21.6 Å². The first-order valence-electron chi connectivity index (χ1n) is 21.2. The van der Waals surface area contributed by atoms with E-state index in [4.69, 9.17) is 16.3 Å². The molecule has 9 rings (SSSR count). The van der Waals surface area contributed by atoms with E-state index in [1.54, 1.807) is 30.5 Å². The number of pyridine rings is 1. The standard InChI is InChI=1S/C45H51ClN8O6S/c1-51-17-14-45(15-18-51)26-30(27-45)28-48-39-12-10-34(25-41(39)54(56)57)61(58,59)50-44(55)37-11-9-32(24-42(37)60-33-23-31-13-16-47-43(31)49-29-33)52-19-21-53(22-20-52)40-8-3-2-5-35-36(40)6-4-7-38(35)46/h4,6-7,9-13,16,23-25,29-30,40,48H,2-3,5,8,14-15,17-22,26-28H2,1H3,(H,47,49)(H,50,55)/t40-/m1/s1. The van der Waals surface area contributed by atoms with Gasteiger partial charge in [0.15, 0.2) is 0 Å². The average molecular weight is 867 g/mol. The van der Waals surface area contributed by atoms with Crippen LogP contribution in [0.1, 0.15) is 72.5 Å². The number of anilines is 2. The minimum absolute atomic E-state index is 0.0252. The van der Waals surface area contributed by atoms with Gasteiger partial charge in [0.25, 0.3) is 21.6 Å². The zero-order chi connectivity index (χ0) is 42.3. The van der Waals surface area contributed by atoms with Gasteiger partial charge in [-0.05, 0) is 130 Å². The van der Waals surface area contributed by atoms with E-state index in [0.29, 0.717) is 35.3 Å². The summed E-state index contributed by atoms with van der Waals surface area (Å²) in [7, 11) is -2.40. The van der Waals surface area contributed by atoms with E-state index in [-0.39, 0.29) is 22.7 Å². The fourth-order valence-electron chi connectivity index (χ4n) is 9.98. The van der Waals surface area contributed by atoms with Crippen molar-refractivity contribution in [2.24, 2.45) is 11.3 Å². The molecule has 0 radical (unpaired) electrons. The summed E-state index contributed by atoms with van der Waals surface area (Å²) in [5.74, 6) is -0.0485. The third-order valence-electron chi connectivity index (χ3n) is 13.4. The number of halogens is 1. The van der Waals surface area contributed by atoms with Gasteiger partial charge in [-0.3, -0.25) is 19.8 Å². The number of aromatic amines is 1. The molecule has 320 valence electrons. The molecular weight excluding hydrogens is 816 g/mol. The number of nitro groups is 1. The third-order valence-corrected chi connectivity index (χ3v) is 15.1. The van der Waals surface area contributed by atoms with Crippen LogP contribution in [0.2, 0.25) is 5.02 Å². The fraction of sp³-hybridized carbons (Fsp3) is 0.422. The highest BCUT2D eigenvalue weighted by Crippen LogP contribution is 2.52. The summed E-state index contributed by atoms with van der Waals surface area (Å²) in [6.45, 7) is 5.83. The van der Waals surface area contributed by atoms with Gasteiger partial charge in [0.2, 0.25) is 0 Å². The second-order valence-electron chi connectivity index (χ2n) is 17.3. The summed E-state index contributed by atoms with van der Waals surface area (Å²) in [5, 5.41) is 17.0. The summed E-state index contributed by atoms with van der Waals surface area (Å²) >= 11 is 6.66. The number of H-pyrrole nitrogens is 1. The summed E-state index contributed by atoms with van der Waals surface area (Å²) in [4.78, 5) is 39.8. The number of carbonyl (C=O) groups is 1. The molecule has 61 heavy (non-hydrogen) atoms. The molecular formula is C45H51ClN8O6S. The van der Waals surface area contributed by atoms with E-state index in [1.807, 2.05) is 18.2 Å². The highest BCUT2D eigenvalue weighted by Gasteiger charge is 2.45. The number of rotatable bonds is 11. The SMILES string of the molecule is CN1CCC2(CC1)CC(CNc1ccc(S(=O)(=O)NC(=O)c3ccc(N4CCN([C@@H]5CCCCc6c(Cl)cccc65)CC4)cc3Oc3cnc4[nH]ccc4c3)cc1[N+](=O)[O-])C2. The fourth-order valence-corrected chi connectivity index (χ4v) is 11.2. The molecule has 3 N–H and O–H groups in total. The Morgan fingerprint density at radius 3 is 2.61 bits per heavy atom. The van der Waals surface area contributed by atoms with Crippen molar-refractivity contribution in [3.63, 3.8) is 0 Å². The van der Waals surface area contributed by atoms with E-state index in [1.165, 1.54) is 42.3 Å². The quantitative estimate of drug-likeness (QED) is 0.0666. The molecule has 3 fully saturated rings. The lowest BCUT2D eigenvalue weighted by molar-refractivity contribution is -0.384. The number of amides is 1. The Kier molecular flexibility index (Phi) is 11.4. The number of hydrogen-bond donors (Lipinski definition) is 3. The molecule has 4 aliphatic rings. The van der Waals surface area contributed by atoms with E-state index < -0.39 is 25.7 Å². The number of piperazine rings is 1. The summed E-state index contributed by atoms with van der Waals surface area (Å²) in [6.07, 6.45) is 12.1. The number of likely N-dealkylation sites (tertiary alicyclic amines) is 1. The van der Waals surface area contributed by atoms with Crippen molar-refractivity contribution in [3.8, 4) is 11.5 Å². The monoisotopic (exact) mass is 866 g/mol. The van der Waals surface area contributed by atoms with Gasteiger partial charge in [-0.15, -0.1) is 0 Å². The lowest BCUT2D eigenvalue weighted by Gasteiger charge is -2.52. The maximum absolute atomic E-state index is 14.0. The Balaban J connectivity index is 0.915. The van der Waals surface area contributed by atoms with Crippen LogP contribution in [0, 0.1) is 21.4 Å². The van der Waals surface area contributed by atoms with Crippen molar-refractivity contribution in [1.82, 2.24) is 24.5 Å². The lowest BCUT2D eigenvalue weighted by Crippen LogP contribution is -2.47. The first-order chi connectivity index (χ1) is 29.4. The first-order valence-corrected chi connectivity index (χ1v) is 23.1. The van der Waals surface area contributed by atoms with Gasteiger partial charge in [0, 0.05) is 73.2 Å². The van der Waals surface area contributed by atoms with Crippen LogP contribution in [-0.4, -0.2) is 91.9 Å². The van der Waals surface area contributed by atoms with Crippen molar-refractivity contribution in [3.05, 3.63) is 111 Å². The van der Waals surface area contributed by atoms with Crippen molar-refractivity contribution < 1.29 is 22.9 Å². The Hall–Kier alpha value is -5.22. The van der Waals surface area contributed by atoms with Crippen molar-refractivity contribution in [2.75, 3.05) is 63.1 Å². The number of sulfonamides is 1. The number of ether oxygens (including phenoxy) is 1. The molecule has 2 aliphatic carbocycles. The largest absolute Gasteiger partial charge is 0.455 e. The third kappa shape index (κ3) is 8.66. The molecule has 4 heterocycles. The lowest BCUT2D eigenvalue weighted by atomic mass is 9.57. The Labute approximate surface area is 360 Å². The molecule has 1 spiro atoms. The number of piperidine rings is 1. The first kappa shape index (κ1) is 41.1. The van der Waals surface area contributed by atoms with Crippen LogP contribution in [0.25, 0.3) is 11.0 Å². The molecule has 1 amide bonds. The van der Waals surface area contributed by atoms with Gasteiger partial charge in [-0.1, -0.05) is 30.2 Å². The molecule has 2 aliphatic heterocycles. The van der Waals surface area contributed by atoms with E-state index in [9.17, 15) is 23.3 Å². The number of nitrogens with one attached hydrogen (secondary N) is 3. The minimum Gasteiger partial charge on any atom is -0.455 e. The average Bonchev–Trinajstić information content (AvgIpc) is 3.60. The molecule has 1 atom stereocenters. The molecule has 16 heteroatoms. The van der Waals surface area contributed by atoms with Gasteiger partial charge < -0.3 is 24.8 Å². The Morgan fingerprint density at radius 1 is 1.02 bits per heavy atom. The molecule has 14 nitrogen and oxygen atoms in total. The number of benzene rings is 3. The summed E-state index contributed by atoms with van der Waals surface area (Å²) < 4.78 is 36.0. The Bertz CT molecular complexity index is 2560. The predicted octanol–water partition coefficient (Wildman–Crippen LogP) is 8.16. The van der Waals surface area contributed by atoms with E-state index in [0.717, 1.165) is 100.0 Å². The smallest absolute Gasteiger partial charge is 0.293 e. The van der Waals surface area contributed by atoms with Crippen molar-refractivity contribution in [2.45, 2.75) is 62.3 Å². The van der Waals surface area contributed by atoms with Gasteiger partial charge >= 0.3 is 0 Å². The van der Waals surface area contributed by atoms with Crippen molar-refractivity contribution in [1.29, 1.82) is 0 Å². The molecule has 5 aromatic rings. The number of aromatic nitrogens is 2. The molecule has 3 aromatic carbocycles. The van der Waals surface area contributed by atoms with Gasteiger partial charge in [0.1, 0.15) is 22.8 Å².